The Morgan fingerprint density at radius 3 is 0.993 bits per heavy atom. The summed E-state index contributed by atoms with van der Waals surface area (Å²) in [4.78, 5) is 97.6. The van der Waals surface area contributed by atoms with E-state index in [9.17, 15) is 38.4 Å². The highest BCUT2D eigenvalue weighted by atomic mass is 16.5. The molecular weight excluding hydrogens is 1720 g/mol. The molecule has 16 nitrogen and oxygen atoms in total. The fourth-order valence-corrected chi connectivity index (χ4v) is 18.8. The summed E-state index contributed by atoms with van der Waals surface area (Å²) >= 11 is 0. The number of ketones is 4. The molecule has 706 valence electrons. The molecule has 3 unspecified atom stereocenters. The largest absolute Gasteiger partial charge is 0.497 e. The first-order valence-electron chi connectivity index (χ1n) is 46.6. The number of hydrogen-bond donors (Lipinski definition) is 0. The lowest BCUT2D eigenvalue weighted by atomic mass is 9.63. The van der Waals surface area contributed by atoms with Crippen molar-refractivity contribution in [3.05, 3.63) is 448 Å². The van der Waals surface area contributed by atoms with Gasteiger partial charge in [0, 0.05) is 44.4 Å². The van der Waals surface area contributed by atoms with Gasteiger partial charge in [-0.05, 0) is 331 Å². The number of esters is 4. The van der Waals surface area contributed by atoms with E-state index in [-0.39, 0.29) is 39.9 Å². The van der Waals surface area contributed by atoms with E-state index in [1.807, 2.05) is 124 Å². The van der Waals surface area contributed by atoms with Gasteiger partial charge < -0.3 is 37.9 Å². The van der Waals surface area contributed by atoms with Crippen LogP contribution >= 0.6 is 0 Å². The quantitative estimate of drug-likeness (QED) is 0.0193. The van der Waals surface area contributed by atoms with Crippen LogP contribution < -0.4 is 37.9 Å². The molecule has 14 aromatic rings. The second-order valence-corrected chi connectivity index (χ2v) is 35.9. The molecule has 1 aliphatic rings. The van der Waals surface area contributed by atoms with Gasteiger partial charge in [0.2, 0.25) is 0 Å². The third kappa shape index (κ3) is 24.0. The SMILES string of the molecule is CCCC(C)(c1ccc(OC)cc1)c1ccc(OC(=O)c2cccc(C(C)=O)c2)cc1.COc1c(C)cc(C(C)(c2ccccc2)c2cc(C)c(OC(=O)c3cccc(C(C)=O)c3)c(C)c2)cc1C.COc1ccc(C(c2ccccc2)c2ccc(OC(=O)c3cccc(C(C)=O)c3)cc2C)c(C)c1.COc1ccc(C2(c3ccc(OC(=O)c4cccc(C(C)=O)c4)cc3C)CCCCC2)c(C)c1. The molecule has 1 aliphatic carbocycles. The summed E-state index contributed by atoms with van der Waals surface area (Å²) in [5.74, 6) is 3.12. The van der Waals surface area contributed by atoms with Gasteiger partial charge in [-0.3, -0.25) is 19.2 Å². The second kappa shape index (κ2) is 45.9. The van der Waals surface area contributed by atoms with Crippen molar-refractivity contribution < 1.29 is 76.3 Å². The highest BCUT2D eigenvalue weighted by molar-refractivity contribution is 6.01. The van der Waals surface area contributed by atoms with Crippen molar-refractivity contribution in [2.45, 2.75) is 171 Å². The Hall–Kier alpha value is -15.2. The summed E-state index contributed by atoms with van der Waals surface area (Å²) < 4.78 is 44.5. The maximum Gasteiger partial charge on any atom is 0.343 e. The van der Waals surface area contributed by atoms with Crippen molar-refractivity contribution in [1.82, 2.24) is 0 Å². The average molecular weight is 1840 g/mol. The van der Waals surface area contributed by atoms with Gasteiger partial charge in [0.1, 0.15) is 46.0 Å². The molecule has 1 fully saturated rings. The molecule has 0 amide bonds. The van der Waals surface area contributed by atoms with Crippen molar-refractivity contribution in [3.8, 4) is 46.0 Å². The van der Waals surface area contributed by atoms with E-state index in [4.69, 9.17) is 37.9 Å². The number of Topliss-reactive ketones (excluding diaryl/α,β-unsaturated/α-hetero) is 4. The smallest absolute Gasteiger partial charge is 0.343 e. The Morgan fingerprint density at radius 2 is 0.616 bits per heavy atom. The van der Waals surface area contributed by atoms with Gasteiger partial charge in [-0.1, -0.05) is 222 Å². The predicted molar refractivity (Wildman–Crippen MR) is 546 cm³/mol. The maximum absolute atomic E-state index is 13.0. The van der Waals surface area contributed by atoms with Gasteiger partial charge in [-0.25, -0.2) is 19.2 Å². The number of carbonyl (C=O) groups is 8. The van der Waals surface area contributed by atoms with Gasteiger partial charge in [0.25, 0.3) is 0 Å². The molecule has 14 aromatic carbocycles. The average Bonchev–Trinajstić information content (AvgIpc) is 0.748. The Labute approximate surface area is 811 Å². The molecule has 0 aromatic heterocycles. The van der Waals surface area contributed by atoms with Crippen molar-refractivity contribution >= 4 is 47.0 Å². The van der Waals surface area contributed by atoms with Crippen molar-refractivity contribution in [3.63, 3.8) is 0 Å². The van der Waals surface area contributed by atoms with Crippen LogP contribution in [0.2, 0.25) is 0 Å². The van der Waals surface area contributed by atoms with Crippen molar-refractivity contribution in [2.24, 2.45) is 0 Å². The number of methoxy groups -OCH3 is 4. The van der Waals surface area contributed by atoms with Crippen LogP contribution in [0.4, 0.5) is 0 Å². The van der Waals surface area contributed by atoms with E-state index >= 15 is 0 Å². The molecule has 3 atom stereocenters. The molecule has 0 saturated heterocycles. The summed E-state index contributed by atoms with van der Waals surface area (Å²) in [6.45, 7) is 29.0. The molecule has 0 radical (unpaired) electrons. The number of carbonyl (C=O) groups excluding carboxylic acids is 8. The first kappa shape index (κ1) is 102. The van der Waals surface area contributed by atoms with Crippen LogP contribution in [-0.4, -0.2) is 75.4 Å². The summed E-state index contributed by atoms with van der Waals surface area (Å²) in [7, 11) is 6.74. The van der Waals surface area contributed by atoms with E-state index in [1.54, 1.807) is 126 Å². The van der Waals surface area contributed by atoms with Crippen LogP contribution in [0.25, 0.3) is 0 Å². The van der Waals surface area contributed by atoms with Gasteiger partial charge in [-0.15, -0.1) is 0 Å². The zero-order chi connectivity index (χ0) is 99.3. The minimum atomic E-state index is -0.495. The molecule has 16 heteroatoms. The maximum atomic E-state index is 13.0. The van der Waals surface area contributed by atoms with Crippen LogP contribution in [-0.2, 0) is 16.2 Å². The minimum absolute atomic E-state index is 0.0131. The molecule has 0 bridgehead atoms. The fourth-order valence-electron chi connectivity index (χ4n) is 18.8. The van der Waals surface area contributed by atoms with E-state index in [0.717, 1.165) is 115 Å². The monoisotopic (exact) mass is 1840 g/mol. The van der Waals surface area contributed by atoms with Gasteiger partial charge in [0.05, 0.1) is 50.7 Å². The van der Waals surface area contributed by atoms with Crippen LogP contribution in [0.1, 0.15) is 282 Å². The highest BCUT2D eigenvalue weighted by Crippen LogP contribution is 2.50. The lowest BCUT2D eigenvalue weighted by Crippen LogP contribution is -2.32. The first-order valence-corrected chi connectivity index (χ1v) is 46.6. The standard InChI is InChI=1S/C34H34O4.C31H28O4.C30H32O4.C27H28O4/c1-21-16-29(17-22(2)31(21)37-7)34(6,28-14-9-8-10-15-28)30-18-23(3)32(24(4)19-30)38-33(36)27-13-11-12-26(20-27)25(5)35;1-20-17-26(34-4)13-15-28(20)30(23-9-6-5-7-10-23)29-16-14-27(18-21(29)2)35-31(33)25-12-8-11-24(19-25)22(3)32;1-20-17-25(33-4)11-13-27(20)30(15-6-5-7-16-30)28-14-12-26(18-21(28)2)34-29(32)24-10-8-9-23(19-24)22(3)31;1-5-17-27(3,22-9-13-24(30-4)14-10-22)23-11-15-25(16-12-23)31-26(29)21-8-6-7-20(18-21)19(2)28/h8-20H,1-7H3;5-19,30H,1-4H3;8-14,17-19H,5-7,15-16H2,1-4H3;6-16,18H,5,17H2,1-4H3. The summed E-state index contributed by atoms with van der Waals surface area (Å²) in [6, 6.07) is 95.8. The number of rotatable bonds is 28. The van der Waals surface area contributed by atoms with E-state index in [1.165, 1.54) is 80.3 Å². The number of aryl methyl sites for hydroxylation is 8. The third-order valence-corrected chi connectivity index (χ3v) is 26.3. The highest BCUT2D eigenvalue weighted by Gasteiger charge is 2.39. The summed E-state index contributed by atoms with van der Waals surface area (Å²) in [5, 5.41) is 0. The van der Waals surface area contributed by atoms with Crippen molar-refractivity contribution in [2.75, 3.05) is 28.4 Å². The normalized spacial score (nSPS) is 12.9. The van der Waals surface area contributed by atoms with Crippen LogP contribution in [0.3, 0.4) is 0 Å². The van der Waals surface area contributed by atoms with Crippen LogP contribution in [0, 0.1) is 55.4 Å². The number of benzene rings is 14. The van der Waals surface area contributed by atoms with Crippen LogP contribution in [0.5, 0.6) is 46.0 Å². The molecule has 0 heterocycles. The molecular formula is C122H122O16. The van der Waals surface area contributed by atoms with E-state index < -0.39 is 29.3 Å². The van der Waals surface area contributed by atoms with Gasteiger partial charge >= 0.3 is 23.9 Å². The predicted octanol–water partition coefficient (Wildman–Crippen LogP) is 27.8. The molecule has 0 N–H and O–H groups in total. The second-order valence-electron chi connectivity index (χ2n) is 35.9. The Morgan fingerprint density at radius 1 is 0.290 bits per heavy atom. The van der Waals surface area contributed by atoms with Crippen LogP contribution in [0.15, 0.2) is 303 Å². The molecule has 0 spiro atoms. The Kier molecular flexibility index (Phi) is 33.9. The fraction of sp³-hybridized carbons (Fsp3) is 0.246. The number of hydrogen-bond acceptors (Lipinski definition) is 16. The summed E-state index contributed by atoms with van der Waals surface area (Å²) in [5.41, 5.74) is 22.9. The van der Waals surface area contributed by atoms with Crippen molar-refractivity contribution in [1.29, 1.82) is 0 Å². The van der Waals surface area contributed by atoms with E-state index in [2.05, 4.69) is 159 Å². The third-order valence-electron chi connectivity index (χ3n) is 26.3. The Bertz CT molecular complexity index is 6730. The zero-order valence-electron chi connectivity index (χ0n) is 82.4. The topological polar surface area (TPSA) is 210 Å². The molecule has 138 heavy (non-hydrogen) atoms. The molecule has 1 saturated carbocycles. The Balaban J connectivity index is 0.000000165. The van der Waals surface area contributed by atoms with E-state index in [0.29, 0.717) is 67.5 Å². The summed E-state index contributed by atoms with van der Waals surface area (Å²) in [6.07, 6.45) is 7.84. The zero-order valence-corrected chi connectivity index (χ0v) is 82.4. The van der Waals surface area contributed by atoms with Gasteiger partial charge in [0.15, 0.2) is 23.1 Å². The molecule has 15 rings (SSSR count). The number of ether oxygens (including phenoxy) is 8. The first-order chi connectivity index (χ1) is 66.1. The van der Waals surface area contributed by atoms with Gasteiger partial charge in [-0.2, -0.15) is 0 Å². The lowest BCUT2D eigenvalue weighted by molar-refractivity contribution is 0.0723. The molecule has 0 aliphatic heterocycles. The minimum Gasteiger partial charge on any atom is -0.497 e. The lowest BCUT2D eigenvalue weighted by Gasteiger charge is -2.40.